The Morgan fingerprint density at radius 3 is 2.63 bits per heavy atom. The van der Waals surface area contributed by atoms with Gasteiger partial charge in [-0.15, -0.1) is 0 Å². The first kappa shape index (κ1) is 21.5. The number of aryl methyl sites for hydroxylation is 1. The number of nitrogens with zero attached hydrogens (tertiary/aromatic N) is 1. The fraction of sp³-hybridized carbons (Fsp3) is 0.250. The molecule has 2 aromatic rings. The van der Waals surface area contributed by atoms with E-state index in [0.29, 0.717) is 5.69 Å². The topological polar surface area (TPSA) is 125 Å². The minimum atomic E-state index is -4.05. The predicted molar refractivity (Wildman–Crippen MR) is 112 cm³/mol. The van der Waals surface area contributed by atoms with Crippen LogP contribution in [0.15, 0.2) is 41.3 Å². The lowest BCUT2D eigenvalue weighted by Gasteiger charge is -2.18. The SMILES string of the molecule is Cc1cccc(NC(=O)CN(C)S(=O)(=O)c2ccc3c(c2)C(=O)NCC(=O)N3)c1C. The molecule has 0 saturated carbocycles. The number of hydrogen-bond acceptors (Lipinski definition) is 5. The van der Waals surface area contributed by atoms with Gasteiger partial charge in [0.05, 0.1) is 29.2 Å². The van der Waals surface area contributed by atoms with Gasteiger partial charge in [-0.25, -0.2) is 8.42 Å². The number of benzene rings is 2. The van der Waals surface area contributed by atoms with Crippen molar-refractivity contribution in [2.75, 3.05) is 30.8 Å². The summed E-state index contributed by atoms with van der Waals surface area (Å²) in [6, 6.07) is 9.29. The Morgan fingerprint density at radius 1 is 1.17 bits per heavy atom. The van der Waals surface area contributed by atoms with Crippen LogP contribution in [-0.2, 0) is 19.6 Å². The quantitative estimate of drug-likeness (QED) is 0.658. The molecule has 0 fully saturated rings. The molecule has 0 saturated heterocycles. The van der Waals surface area contributed by atoms with E-state index in [1.807, 2.05) is 19.9 Å². The molecule has 0 unspecified atom stereocenters. The largest absolute Gasteiger partial charge is 0.343 e. The van der Waals surface area contributed by atoms with E-state index < -0.39 is 34.3 Å². The highest BCUT2D eigenvalue weighted by Crippen LogP contribution is 2.24. The zero-order valence-electron chi connectivity index (χ0n) is 16.8. The summed E-state index contributed by atoms with van der Waals surface area (Å²) in [5.74, 6) is -1.46. The Kier molecular flexibility index (Phi) is 5.90. The highest BCUT2D eigenvalue weighted by Gasteiger charge is 2.27. The molecular formula is C20H22N4O5S. The molecule has 30 heavy (non-hydrogen) atoms. The molecule has 10 heteroatoms. The van der Waals surface area contributed by atoms with E-state index in [2.05, 4.69) is 16.0 Å². The summed E-state index contributed by atoms with van der Waals surface area (Å²) in [7, 11) is -2.76. The minimum absolute atomic E-state index is 0.0372. The van der Waals surface area contributed by atoms with Crippen molar-refractivity contribution in [3.05, 3.63) is 53.1 Å². The summed E-state index contributed by atoms with van der Waals surface area (Å²) in [5, 5.41) is 7.66. The Morgan fingerprint density at radius 2 is 1.90 bits per heavy atom. The van der Waals surface area contributed by atoms with Crippen LogP contribution in [-0.4, -0.2) is 50.6 Å². The fourth-order valence-corrected chi connectivity index (χ4v) is 4.13. The van der Waals surface area contributed by atoms with Crippen molar-refractivity contribution in [3.8, 4) is 0 Å². The third-order valence-electron chi connectivity index (χ3n) is 4.87. The second kappa shape index (κ2) is 8.25. The summed E-state index contributed by atoms with van der Waals surface area (Å²) in [5.41, 5.74) is 2.78. The van der Waals surface area contributed by atoms with Gasteiger partial charge in [0.25, 0.3) is 5.91 Å². The van der Waals surface area contributed by atoms with Gasteiger partial charge in [0.1, 0.15) is 0 Å². The molecule has 0 radical (unpaired) electrons. The summed E-state index contributed by atoms with van der Waals surface area (Å²) >= 11 is 0. The van der Waals surface area contributed by atoms with Crippen molar-refractivity contribution in [1.29, 1.82) is 0 Å². The van der Waals surface area contributed by atoms with E-state index >= 15 is 0 Å². The normalized spacial score (nSPS) is 13.9. The van der Waals surface area contributed by atoms with Gasteiger partial charge >= 0.3 is 0 Å². The van der Waals surface area contributed by atoms with E-state index in [-0.39, 0.29) is 22.7 Å². The van der Waals surface area contributed by atoms with Crippen LogP contribution in [0, 0.1) is 13.8 Å². The molecule has 2 aromatic carbocycles. The van der Waals surface area contributed by atoms with Gasteiger partial charge in [-0.2, -0.15) is 4.31 Å². The number of hydrogen-bond donors (Lipinski definition) is 3. The zero-order valence-corrected chi connectivity index (χ0v) is 17.6. The Hall–Kier alpha value is -3.24. The van der Waals surface area contributed by atoms with E-state index in [4.69, 9.17) is 0 Å². The third kappa shape index (κ3) is 4.34. The lowest BCUT2D eigenvalue weighted by molar-refractivity contribution is -0.116. The van der Waals surface area contributed by atoms with Gasteiger partial charge < -0.3 is 16.0 Å². The molecule has 1 aliphatic rings. The summed E-state index contributed by atoms with van der Waals surface area (Å²) < 4.78 is 26.7. The lowest BCUT2D eigenvalue weighted by Crippen LogP contribution is -2.35. The van der Waals surface area contributed by atoms with Crippen LogP contribution in [0.25, 0.3) is 0 Å². The number of rotatable bonds is 5. The van der Waals surface area contributed by atoms with Gasteiger partial charge in [-0.05, 0) is 49.2 Å². The Bertz CT molecular complexity index is 1140. The van der Waals surface area contributed by atoms with Crippen molar-refractivity contribution in [1.82, 2.24) is 9.62 Å². The first-order valence-corrected chi connectivity index (χ1v) is 10.6. The number of anilines is 2. The van der Waals surface area contributed by atoms with Gasteiger partial charge in [-0.1, -0.05) is 12.1 Å². The predicted octanol–water partition coefficient (Wildman–Crippen LogP) is 1.24. The summed E-state index contributed by atoms with van der Waals surface area (Å²) in [6.45, 7) is 3.17. The monoisotopic (exact) mass is 430 g/mol. The molecule has 3 amide bonds. The van der Waals surface area contributed by atoms with Crippen molar-refractivity contribution in [2.24, 2.45) is 0 Å². The average molecular weight is 430 g/mol. The van der Waals surface area contributed by atoms with Crippen molar-refractivity contribution in [2.45, 2.75) is 18.7 Å². The second-order valence-electron chi connectivity index (χ2n) is 6.99. The Balaban J connectivity index is 1.79. The average Bonchev–Trinajstić information content (AvgIpc) is 2.83. The Labute approximate surface area is 174 Å². The molecule has 0 spiro atoms. The third-order valence-corrected chi connectivity index (χ3v) is 6.67. The minimum Gasteiger partial charge on any atom is -0.343 e. The molecule has 9 nitrogen and oxygen atoms in total. The number of carbonyl (C=O) groups excluding carboxylic acids is 3. The smallest absolute Gasteiger partial charge is 0.253 e. The summed E-state index contributed by atoms with van der Waals surface area (Å²) in [4.78, 5) is 36.0. The molecule has 1 aliphatic heterocycles. The molecule has 1 heterocycles. The van der Waals surface area contributed by atoms with Crippen LogP contribution in [0.5, 0.6) is 0 Å². The highest BCUT2D eigenvalue weighted by atomic mass is 32.2. The highest BCUT2D eigenvalue weighted by molar-refractivity contribution is 7.89. The summed E-state index contributed by atoms with van der Waals surface area (Å²) in [6.07, 6.45) is 0. The number of nitrogens with one attached hydrogen (secondary N) is 3. The van der Waals surface area contributed by atoms with E-state index in [0.717, 1.165) is 15.4 Å². The maximum Gasteiger partial charge on any atom is 0.253 e. The van der Waals surface area contributed by atoms with Gasteiger partial charge in [-0.3, -0.25) is 14.4 Å². The molecule has 0 atom stereocenters. The molecule has 158 valence electrons. The van der Waals surface area contributed by atoms with Crippen molar-refractivity contribution < 1.29 is 22.8 Å². The molecule has 3 N–H and O–H groups in total. The lowest BCUT2D eigenvalue weighted by atomic mass is 10.1. The van der Waals surface area contributed by atoms with Crippen LogP contribution in [0.2, 0.25) is 0 Å². The van der Waals surface area contributed by atoms with Crippen LogP contribution >= 0.6 is 0 Å². The standard InChI is InChI=1S/C20H22N4O5S/c1-12-5-4-6-16(13(12)2)22-19(26)11-24(3)30(28,29)14-7-8-17-15(9-14)20(27)21-10-18(25)23-17/h4-9H,10-11H2,1-3H3,(H,21,27)(H,22,26)(H,23,25). The van der Waals surface area contributed by atoms with Gasteiger partial charge in [0, 0.05) is 12.7 Å². The van der Waals surface area contributed by atoms with Crippen molar-refractivity contribution >= 4 is 39.1 Å². The number of sulfonamides is 1. The maximum atomic E-state index is 12.9. The zero-order chi connectivity index (χ0) is 22.1. The van der Waals surface area contributed by atoms with Crippen LogP contribution in [0.1, 0.15) is 21.5 Å². The molecule has 3 rings (SSSR count). The van der Waals surface area contributed by atoms with E-state index in [1.165, 1.54) is 25.2 Å². The molecule has 0 aliphatic carbocycles. The van der Waals surface area contributed by atoms with E-state index in [1.54, 1.807) is 12.1 Å². The van der Waals surface area contributed by atoms with Gasteiger partial charge in [0.2, 0.25) is 21.8 Å². The van der Waals surface area contributed by atoms with Crippen LogP contribution < -0.4 is 16.0 Å². The molecule has 0 bridgehead atoms. The number of amides is 3. The van der Waals surface area contributed by atoms with Crippen LogP contribution in [0.4, 0.5) is 11.4 Å². The van der Waals surface area contributed by atoms with Crippen molar-refractivity contribution in [3.63, 3.8) is 0 Å². The first-order valence-electron chi connectivity index (χ1n) is 9.14. The molecule has 0 aromatic heterocycles. The second-order valence-corrected chi connectivity index (χ2v) is 9.04. The molecular weight excluding hydrogens is 408 g/mol. The van der Waals surface area contributed by atoms with Crippen LogP contribution in [0.3, 0.4) is 0 Å². The number of likely N-dealkylation sites (N-methyl/N-ethyl adjacent to an activating group) is 1. The van der Waals surface area contributed by atoms with E-state index in [9.17, 15) is 22.8 Å². The first-order chi connectivity index (χ1) is 14.1. The number of fused-ring (bicyclic) bond motifs is 1. The fourth-order valence-electron chi connectivity index (χ4n) is 2.97. The van der Waals surface area contributed by atoms with Gasteiger partial charge in [0.15, 0.2) is 0 Å². The number of carbonyl (C=O) groups is 3. The maximum absolute atomic E-state index is 12.9.